The van der Waals surface area contributed by atoms with E-state index in [-0.39, 0.29) is 29.5 Å². The maximum absolute atomic E-state index is 5.84. The zero-order valence-electron chi connectivity index (χ0n) is 12.5. The molecule has 3 N–H and O–H groups in total. The number of nitrogens with zero attached hydrogens (tertiary/aromatic N) is 2. The van der Waals surface area contributed by atoms with Gasteiger partial charge in [0, 0.05) is 12.1 Å². The van der Waals surface area contributed by atoms with Crippen molar-refractivity contribution in [1.82, 2.24) is 10.2 Å². The molecule has 0 unspecified atom stereocenters. The predicted octanol–water partition coefficient (Wildman–Crippen LogP) is 2.35. The van der Waals surface area contributed by atoms with Gasteiger partial charge in [-0.05, 0) is 46.7 Å². The van der Waals surface area contributed by atoms with Crippen molar-refractivity contribution in [3.8, 4) is 0 Å². The standard InChI is InChI=1S/C14H28N4.HI/c1-12(2)10-16-13(15)17-11-14(3,4)18-8-6-5-7-9-18;/h1,5-11H2,2-4H3,(H3,15,16,17);1H. The van der Waals surface area contributed by atoms with Crippen LogP contribution in [-0.2, 0) is 0 Å². The lowest BCUT2D eigenvalue weighted by Crippen LogP contribution is -2.49. The normalized spacial score (nSPS) is 17.7. The number of nitrogens with two attached hydrogens (primary N) is 1. The van der Waals surface area contributed by atoms with Crippen molar-refractivity contribution in [3.05, 3.63) is 12.2 Å². The van der Waals surface area contributed by atoms with Crippen LogP contribution in [0.25, 0.3) is 0 Å². The van der Waals surface area contributed by atoms with Crippen LogP contribution in [0.2, 0.25) is 0 Å². The summed E-state index contributed by atoms with van der Waals surface area (Å²) in [6.45, 7) is 14.1. The molecule has 0 aromatic rings. The quantitative estimate of drug-likeness (QED) is 0.333. The Morgan fingerprint density at radius 1 is 1.32 bits per heavy atom. The molecule has 112 valence electrons. The van der Waals surface area contributed by atoms with E-state index in [1.54, 1.807) is 0 Å². The van der Waals surface area contributed by atoms with Gasteiger partial charge in [-0.1, -0.05) is 18.6 Å². The first kappa shape index (κ1) is 18.7. The Hall–Kier alpha value is -0.300. The highest BCUT2D eigenvalue weighted by Gasteiger charge is 2.27. The van der Waals surface area contributed by atoms with Gasteiger partial charge in [-0.3, -0.25) is 9.89 Å². The van der Waals surface area contributed by atoms with Crippen LogP contribution in [-0.4, -0.2) is 42.6 Å². The van der Waals surface area contributed by atoms with Gasteiger partial charge < -0.3 is 11.1 Å². The molecule has 0 radical (unpaired) electrons. The molecule has 0 atom stereocenters. The first-order chi connectivity index (χ1) is 8.42. The zero-order chi connectivity index (χ0) is 13.6. The number of nitrogens with one attached hydrogen (secondary N) is 1. The summed E-state index contributed by atoms with van der Waals surface area (Å²) in [4.78, 5) is 6.96. The van der Waals surface area contributed by atoms with E-state index in [1.807, 2.05) is 6.92 Å². The van der Waals surface area contributed by atoms with Crippen molar-refractivity contribution in [2.75, 3.05) is 26.2 Å². The highest BCUT2D eigenvalue weighted by atomic mass is 127. The number of aliphatic imine (C=N–C) groups is 1. The Balaban J connectivity index is 0.00000324. The van der Waals surface area contributed by atoms with Gasteiger partial charge in [-0.25, -0.2) is 0 Å². The summed E-state index contributed by atoms with van der Waals surface area (Å²) in [6, 6.07) is 0. The highest BCUT2D eigenvalue weighted by molar-refractivity contribution is 14.0. The minimum atomic E-state index is 0. The summed E-state index contributed by atoms with van der Waals surface area (Å²) in [6.07, 6.45) is 3.96. The average Bonchev–Trinajstić information content (AvgIpc) is 2.35. The first-order valence-electron chi connectivity index (χ1n) is 6.85. The van der Waals surface area contributed by atoms with Gasteiger partial charge in [0.15, 0.2) is 5.96 Å². The SMILES string of the molecule is C=C(C)CNC(N)=NCC(C)(C)N1CCCCC1.I. The molecule has 0 saturated carbocycles. The Morgan fingerprint density at radius 3 is 2.42 bits per heavy atom. The second kappa shape index (κ2) is 8.79. The van der Waals surface area contributed by atoms with Crippen LogP contribution in [0.4, 0.5) is 0 Å². The minimum Gasteiger partial charge on any atom is -0.370 e. The van der Waals surface area contributed by atoms with Gasteiger partial charge in [-0.2, -0.15) is 0 Å². The predicted molar refractivity (Wildman–Crippen MR) is 94.2 cm³/mol. The lowest BCUT2D eigenvalue weighted by Gasteiger charge is -2.40. The van der Waals surface area contributed by atoms with Crippen molar-refractivity contribution in [1.29, 1.82) is 0 Å². The third kappa shape index (κ3) is 7.15. The van der Waals surface area contributed by atoms with E-state index in [2.05, 4.69) is 35.6 Å². The molecule has 1 fully saturated rings. The molecule has 0 amide bonds. The van der Waals surface area contributed by atoms with E-state index in [0.717, 1.165) is 12.1 Å². The number of piperidine rings is 1. The molecule has 1 rings (SSSR count). The number of hydrogen-bond donors (Lipinski definition) is 2. The Bertz CT molecular complexity index is 307. The monoisotopic (exact) mass is 380 g/mol. The molecule has 19 heavy (non-hydrogen) atoms. The van der Waals surface area contributed by atoms with Crippen molar-refractivity contribution in [2.45, 2.75) is 45.6 Å². The molecular formula is C14H29IN4. The van der Waals surface area contributed by atoms with Crippen molar-refractivity contribution >= 4 is 29.9 Å². The van der Waals surface area contributed by atoms with E-state index >= 15 is 0 Å². The number of rotatable bonds is 5. The highest BCUT2D eigenvalue weighted by Crippen LogP contribution is 2.20. The van der Waals surface area contributed by atoms with Crippen LogP contribution in [0.1, 0.15) is 40.0 Å². The second-order valence-corrected chi connectivity index (χ2v) is 5.87. The Morgan fingerprint density at radius 2 is 1.89 bits per heavy atom. The van der Waals surface area contributed by atoms with Gasteiger partial charge >= 0.3 is 0 Å². The van der Waals surface area contributed by atoms with Gasteiger partial charge in [0.2, 0.25) is 0 Å². The number of likely N-dealkylation sites (tertiary alicyclic amines) is 1. The molecule has 0 spiro atoms. The smallest absolute Gasteiger partial charge is 0.188 e. The lowest BCUT2D eigenvalue weighted by atomic mass is 9.99. The second-order valence-electron chi connectivity index (χ2n) is 5.87. The number of hydrogen-bond acceptors (Lipinski definition) is 2. The molecule has 0 aromatic heterocycles. The molecule has 4 nitrogen and oxygen atoms in total. The average molecular weight is 380 g/mol. The fraction of sp³-hybridized carbons (Fsp3) is 0.786. The van der Waals surface area contributed by atoms with E-state index < -0.39 is 0 Å². The molecule has 1 aliphatic rings. The van der Waals surface area contributed by atoms with Gasteiger partial charge in [0.05, 0.1) is 6.54 Å². The third-order valence-corrected chi connectivity index (χ3v) is 3.42. The summed E-state index contributed by atoms with van der Waals surface area (Å²) < 4.78 is 0. The fourth-order valence-corrected chi connectivity index (χ4v) is 2.18. The molecule has 0 bridgehead atoms. The number of halogens is 1. The molecule has 1 saturated heterocycles. The number of guanidine groups is 1. The van der Waals surface area contributed by atoms with Gasteiger partial charge in [0.1, 0.15) is 0 Å². The van der Waals surface area contributed by atoms with E-state index in [9.17, 15) is 0 Å². The maximum Gasteiger partial charge on any atom is 0.188 e. The van der Waals surface area contributed by atoms with E-state index in [4.69, 9.17) is 5.73 Å². The fourth-order valence-electron chi connectivity index (χ4n) is 2.18. The van der Waals surface area contributed by atoms with Gasteiger partial charge in [-0.15, -0.1) is 24.0 Å². The molecule has 5 heteroatoms. The van der Waals surface area contributed by atoms with Gasteiger partial charge in [0.25, 0.3) is 0 Å². The molecule has 1 heterocycles. The van der Waals surface area contributed by atoms with E-state index in [0.29, 0.717) is 12.5 Å². The summed E-state index contributed by atoms with van der Waals surface area (Å²) in [7, 11) is 0. The van der Waals surface area contributed by atoms with Crippen LogP contribution in [0, 0.1) is 0 Å². The van der Waals surface area contributed by atoms with Crippen molar-refractivity contribution in [3.63, 3.8) is 0 Å². The van der Waals surface area contributed by atoms with Crippen molar-refractivity contribution < 1.29 is 0 Å². The minimum absolute atomic E-state index is 0. The van der Waals surface area contributed by atoms with Crippen LogP contribution in [0.15, 0.2) is 17.1 Å². The lowest BCUT2D eigenvalue weighted by molar-refractivity contribution is 0.102. The summed E-state index contributed by atoms with van der Waals surface area (Å²) >= 11 is 0. The van der Waals surface area contributed by atoms with Crippen LogP contribution >= 0.6 is 24.0 Å². The third-order valence-electron chi connectivity index (χ3n) is 3.42. The summed E-state index contributed by atoms with van der Waals surface area (Å²) in [5.41, 5.74) is 6.99. The summed E-state index contributed by atoms with van der Waals surface area (Å²) in [5.74, 6) is 0.517. The van der Waals surface area contributed by atoms with Crippen LogP contribution < -0.4 is 11.1 Å². The van der Waals surface area contributed by atoms with Crippen molar-refractivity contribution in [2.24, 2.45) is 10.7 Å². The topological polar surface area (TPSA) is 53.6 Å². The van der Waals surface area contributed by atoms with Crippen LogP contribution in [0.3, 0.4) is 0 Å². The summed E-state index contributed by atoms with van der Waals surface area (Å²) in [5, 5.41) is 3.07. The molecular weight excluding hydrogens is 351 g/mol. The van der Waals surface area contributed by atoms with Crippen LogP contribution in [0.5, 0.6) is 0 Å². The molecule has 0 aliphatic carbocycles. The largest absolute Gasteiger partial charge is 0.370 e. The zero-order valence-corrected chi connectivity index (χ0v) is 14.9. The Labute approximate surface area is 134 Å². The molecule has 1 aliphatic heterocycles. The Kier molecular flexibility index (Phi) is 8.65. The van der Waals surface area contributed by atoms with E-state index in [1.165, 1.54) is 32.4 Å². The maximum atomic E-state index is 5.84. The molecule has 0 aromatic carbocycles. The first-order valence-corrected chi connectivity index (χ1v) is 6.85.